The third-order valence-corrected chi connectivity index (χ3v) is 8.84. The summed E-state index contributed by atoms with van der Waals surface area (Å²) in [5.41, 5.74) is 1.32. The minimum absolute atomic E-state index is 0.00250. The maximum atomic E-state index is 13.7. The zero-order chi connectivity index (χ0) is 38.3. The second-order valence-electron chi connectivity index (χ2n) is 12.7. The van der Waals surface area contributed by atoms with E-state index in [0.29, 0.717) is 18.9 Å². The van der Waals surface area contributed by atoms with Crippen LogP contribution in [0.4, 0.5) is 5.95 Å². The predicted molar refractivity (Wildman–Crippen MR) is 199 cm³/mol. The van der Waals surface area contributed by atoms with Crippen LogP contribution in [0.1, 0.15) is 72.3 Å². The summed E-state index contributed by atoms with van der Waals surface area (Å²) in [4.78, 5) is 62.6. The molecule has 2 heterocycles. The number of aromatic nitrogens is 2. The van der Waals surface area contributed by atoms with Gasteiger partial charge in [0.25, 0.3) is 0 Å². The van der Waals surface area contributed by atoms with Crippen molar-refractivity contribution in [2.45, 2.75) is 97.9 Å². The molecule has 6 atom stereocenters. The smallest absolute Gasteiger partial charge is 0.325 e. The molecule has 51 heavy (non-hydrogen) atoms. The number of benzene rings is 1. The van der Waals surface area contributed by atoms with Gasteiger partial charge >= 0.3 is 5.97 Å². The standard InChI is InChI=1S/C28H46N6O7.C7H8.C3H8/c1-8-18(2)25(33(4)23(36)16-32-28-29-12-10-13-30-28)21(39-5)15-22(35)34-14-9-11-20(34)26(41-7)19(3)27(38)31-17-24(37)40-6;1-7-5-3-2-4-6-7;1-3-2/h10,12-13,18-21,25-26H,8-9,11,14-17H2,1-7H3,(H,31,38)(H,29,30,32);2-6H,1H3;3H2,1-2H3. The Kier molecular flexibility index (Phi) is 22.0. The molecule has 1 aromatic carbocycles. The number of nitrogens with zero attached hydrogens (tertiary/aromatic N) is 4. The Balaban J connectivity index is 0.00000112. The molecule has 0 spiro atoms. The molecule has 13 heteroatoms. The minimum Gasteiger partial charge on any atom is -0.468 e. The molecular weight excluding hydrogens is 652 g/mol. The average molecular weight is 715 g/mol. The molecule has 1 fully saturated rings. The molecule has 3 amide bonds. The number of rotatable bonds is 16. The van der Waals surface area contributed by atoms with Crippen LogP contribution >= 0.6 is 0 Å². The summed E-state index contributed by atoms with van der Waals surface area (Å²) < 4.78 is 16.2. The molecule has 6 unspecified atom stereocenters. The predicted octanol–water partition coefficient (Wildman–Crippen LogP) is 4.51. The number of esters is 1. The highest BCUT2D eigenvalue weighted by Gasteiger charge is 2.42. The van der Waals surface area contributed by atoms with Crippen molar-refractivity contribution in [3.05, 3.63) is 54.4 Å². The molecule has 0 saturated carbocycles. The first-order valence-corrected chi connectivity index (χ1v) is 17.9. The van der Waals surface area contributed by atoms with Gasteiger partial charge in [0, 0.05) is 40.2 Å². The fraction of sp³-hybridized carbons (Fsp3) is 0.632. The molecule has 3 rings (SSSR count). The lowest BCUT2D eigenvalue weighted by Crippen LogP contribution is -2.54. The summed E-state index contributed by atoms with van der Waals surface area (Å²) in [5, 5.41) is 5.51. The van der Waals surface area contributed by atoms with E-state index in [1.165, 1.54) is 26.2 Å². The number of anilines is 1. The maximum absolute atomic E-state index is 13.7. The molecule has 2 N–H and O–H groups in total. The van der Waals surface area contributed by atoms with Gasteiger partial charge in [-0.25, -0.2) is 9.97 Å². The lowest BCUT2D eigenvalue weighted by atomic mass is 9.90. The molecule has 13 nitrogen and oxygen atoms in total. The van der Waals surface area contributed by atoms with Crippen LogP contribution in [0.15, 0.2) is 48.8 Å². The van der Waals surface area contributed by atoms with Gasteiger partial charge in [-0.1, -0.05) is 83.4 Å². The normalized spacial score (nSPS) is 16.4. The highest BCUT2D eigenvalue weighted by molar-refractivity contribution is 5.84. The zero-order valence-electron chi connectivity index (χ0n) is 32.4. The number of likely N-dealkylation sites (tertiary alicyclic amines) is 1. The third-order valence-electron chi connectivity index (χ3n) is 8.84. The number of likely N-dealkylation sites (N-methyl/N-ethyl adjacent to an activating group) is 1. The summed E-state index contributed by atoms with van der Waals surface area (Å²) in [6, 6.07) is 11.3. The highest BCUT2D eigenvalue weighted by Crippen LogP contribution is 2.29. The number of hydrogen-bond acceptors (Lipinski definition) is 10. The van der Waals surface area contributed by atoms with Gasteiger partial charge in [-0.2, -0.15) is 0 Å². The largest absolute Gasteiger partial charge is 0.468 e. The zero-order valence-corrected chi connectivity index (χ0v) is 32.4. The van der Waals surface area contributed by atoms with E-state index in [2.05, 4.69) is 58.2 Å². The molecule has 2 aromatic rings. The molecule has 0 radical (unpaired) electrons. The van der Waals surface area contributed by atoms with Crippen LogP contribution in [0.25, 0.3) is 0 Å². The van der Waals surface area contributed by atoms with Crippen molar-refractivity contribution in [2.24, 2.45) is 11.8 Å². The number of carbonyl (C=O) groups excluding carboxylic acids is 4. The van der Waals surface area contributed by atoms with Crippen molar-refractivity contribution in [2.75, 3.05) is 53.3 Å². The topological polar surface area (TPSA) is 152 Å². The summed E-state index contributed by atoms with van der Waals surface area (Å²) in [6.07, 6.45) is 5.60. The molecule has 1 aromatic heterocycles. The number of carbonyl (C=O) groups is 4. The molecule has 286 valence electrons. The summed E-state index contributed by atoms with van der Waals surface area (Å²) >= 11 is 0. The van der Waals surface area contributed by atoms with E-state index < -0.39 is 24.1 Å². The quantitative estimate of drug-likeness (QED) is 0.238. The van der Waals surface area contributed by atoms with Gasteiger partial charge < -0.3 is 34.6 Å². The number of amides is 3. The fourth-order valence-electron chi connectivity index (χ4n) is 5.92. The first-order chi connectivity index (χ1) is 24.4. The second kappa shape index (κ2) is 25.0. The van der Waals surface area contributed by atoms with Crippen LogP contribution in [-0.2, 0) is 33.4 Å². The van der Waals surface area contributed by atoms with E-state index in [1.54, 1.807) is 49.3 Å². The molecule has 0 bridgehead atoms. The van der Waals surface area contributed by atoms with Gasteiger partial charge in [-0.15, -0.1) is 0 Å². The second-order valence-corrected chi connectivity index (χ2v) is 12.7. The van der Waals surface area contributed by atoms with Gasteiger partial charge in [0.15, 0.2) is 0 Å². The van der Waals surface area contributed by atoms with Crippen LogP contribution in [0.3, 0.4) is 0 Å². The van der Waals surface area contributed by atoms with Crippen molar-refractivity contribution >= 4 is 29.6 Å². The third kappa shape index (κ3) is 15.4. The number of ether oxygens (including phenoxy) is 3. The molecule has 1 aliphatic heterocycles. The van der Waals surface area contributed by atoms with Gasteiger partial charge in [0.1, 0.15) is 6.54 Å². The van der Waals surface area contributed by atoms with E-state index in [4.69, 9.17) is 9.47 Å². The highest BCUT2D eigenvalue weighted by atomic mass is 16.5. The van der Waals surface area contributed by atoms with Gasteiger partial charge in [-0.3, -0.25) is 19.2 Å². The van der Waals surface area contributed by atoms with Crippen LogP contribution in [0, 0.1) is 18.8 Å². The molecule has 1 saturated heterocycles. The monoisotopic (exact) mass is 714 g/mol. The first kappa shape index (κ1) is 44.9. The Morgan fingerprint density at radius 1 is 0.961 bits per heavy atom. The minimum atomic E-state index is -0.612. The Morgan fingerprint density at radius 3 is 2.10 bits per heavy atom. The van der Waals surface area contributed by atoms with Gasteiger partial charge in [-0.05, 0) is 31.7 Å². The van der Waals surface area contributed by atoms with Crippen molar-refractivity contribution in [3.8, 4) is 0 Å². The van der Waals surface area contributed by atoms with E-state index in [9.17, 15) is 19.2 Å². The van der Waals surface area contributed by atoms with Crippen LogP contribution in [0.2, 0.25) is 0 Å². The van der Waals surface area contributed by atoms with E-state index in [0.717, 1.165) is 12.8 Å². The van der Waals surface area contributed by atoms with Crippen LogP contribution < -0.4 is 10.6 Å². The Bertz CT molecular complexity index is 1290. The van der Waals surface area contributed by atoms with Crippen molar-refractivity contribution in [1.29, 1.82) is 0 Å². The molecular formula is C38H62N6O7. The molecule has 0 aliphatic carbocycles. The number of hydrogen-bond donors (Lipinski definition) is 2. The number of nitrogens with one attached hydrogen (secondary N) is 2. The van der Waals surface area contributed by atoms with E-state index in [-0.39, 0.29) is 55.2 Å². The molecule has 1 aliphatic rings. The Hall–Kier alpha value is -4.10. The van der Waals surface area contributed by atoms with Crippen molar-refractivity contribution < 1.29 is 33.4 Å². The van der Waals surface area contributed by atoms with Gasteiger partial charge in [0.2, 0.25) is 23.7 Å². The number of aryl methyl sites for hydroxylation is 1. The van der Waals surface area contributed by atoms with E-state index >= 15 is 0 Å². The Labute approximate surface area is 305 Å². The summed E-state index contributed by atoms with van der Waals surface area (Å²) in [7, 11) is 6.04. The van der Waals surface area contributed by atoms with E-state index in [1.807, 2.05) is 32.0 Å². The SMILES string of the molecule is CCC.CCC(C)C(C(CC(=O)N1CCCC1C(OC)C(C)C(=O)NCC(=O)OC)OC)N(C)C(=O)CNc1ncccn1.Cc1ccccc1. The fourth-order valence-corrected chi connectivity index (χ4v) is 5.92. The van der Waals surface area contributed by atoms with Crippen molar-refractivity contribution in [1.82, 2.24) is 25.1 Å². The van der Waals surface area contributed by atoms with Crippen molar-refractivity contribution in [3.63, 3.8) is 0 Å². The van der Waals surface area contributed by atoms with Crippen LogP contribution in [0.5, 0.6) is 0 Å². The van der Waals surface area contributed by atoms with Gasteiger partial charge in [0.05, 0.1) is 50.3 Å². The average Bonchev–Trinajstić information content (AvgIpc) is 3.63. The lowest BCUT2D eigenvalue weighted by Gasteiger charge is -2.39. The lowest BCUT2D eigenvalue weighted by molar-refractivity contribution is -0.146. The first-order valence-electron chi connectivity index (χ1n) is 17.9. The Morgan fingerprint density at radius 2 is 1.59 bits per heavy atom. The number of methoxy groups -OCH3 is 3. The summed E-state index contributed by atoms with van der Waals surface area (Å²) in [6.45, 7) is 12.4. The maximum Gasteiger partial charge on any atom is 0.325 e. The summed E-state index contributed by atoms with van der Waals surface area (Å²) in [5.74, 6) is -1.42. The van der Waals surface area contributed by atoms with Crippen LogP contribution in [-0.4, -0.2) is 116 Å².